The van der Waals surface area contributed by atoms with Crippen LogP contribution in [-0.2, 0) is 25.7 Å². The van der Waals surface area contributed by atoms with Crippen LogP contribution >= 0.6 is 0 Å². The van der Waals surface area contributed by atoms with Gasteiger partial charge in [0.15, 0.2) is 0 Å². The summed E-state index contributed by atoms with van der Waals surface area (Å²) < 4.78 is 11.7. The van der Waals surface area contributed by atoms with E-state index in [2.05, 4.69) is 17.4 Å². The lowest BCUT2D eigenvalue weighted by Crippen LogP contribution is -2.54. The van der Waals surface area contributed by atoms with Gasteiger partial charge in [0.25, 0.3) is 0 Å². The summed E-state index contributed by atoms with van der Waals surface area (Å²) in [5.41, 5.74) is 5.37. The third kappa shape index (κ3) is 5.72. The van der Waals surface area contributed by atoms with E-state index in [1.54, 1.807) is 6.92 Å². The van der Waals surface area contributed by atoms with Crippen LogP contribution in [0, 0.1) is 11.8 Å². The van der Waals surface area contributed by atoms with Crippen LogP contribution in [0.3, 0.4) is 0 Å². The molecule has 0 aromatic heterocycles. The number of nitrogens with zero attached hydrogens (tertiary/aromatic N) is 1. The first-order valence-corrected chi connectivity index (χ1v) is 13.6. The van der Waals surface area contributed by atoms with Crippen LogP contribution in [0.4, 0.5) is 4.79 Å². The van der Waals surface area contributed by atoms with Crippen molar-refractivity contribution in [1.82, 2.24) is 10.2 Å². The molecule has 8 nitrogen and oxygen atoms in total. The number of fused-ring (bicyclic) bond motifs is 3. The van der Waals surface area contributed by atoms with E-state index in [0.29, 0.717) is 6.54 Å². The zero-order valence-electron chi connectivity index (χ0n) is 22.7. The van der Waals surface area contributed by atoms with E-state index in [4.69, 9.17) is 9.47 Å². The number of carbonyl (C=O) groups is 3. The molecule has 40 heavy (non-hydrogen) atoms. The number of carboxylic acids is 1. The minimum Gasteiger partial charge on any atom is -0.481 e. The van der Waals surface area contributed by atoms with Crippen LogP contribution in [0.25, 0.3) is 11.1 Å². The van der Waals surface area contributed by atoms with Crippen LogP contribution in [0.2, 0.25) is 0 Å². The summed E-state index contributed by atoms with van der Waals surface area (Å²) in [7, 11) is 0. The minimum atomic E-state index is -1.04. The van der Waals surface area contributed by atoms with Crippen LogP contribution in [-0.4, -0.2) is 59.8 Å². The lowest BCUT2D eigenvalue weighted by Gasteiger charge is -2.28. The molecule has 1 aliphatic heterocycles. The molecule has 2 aliphatic rings. The molecule has 3 aromatic rings. The van der Waals surface area contributed by atoms with Gasteiger partial charge >= 0.3 is 12.1 Å². The van der Waals surface area contributed by atoms with Gasteiger partial charge in [0.05, 0.1) is 18.6 Å². The lowest BCUT2D eigenvalue weighted by atomic mass is 9.98. The number of carboxylic acid groups (broad SMARTS) is 1. The predicted octanol–water partition coefficient (Wildman–Crippen LogP) is 4.68. The summed E-state index contributed by atoms with van der Waals surface area (Å²) in [5.74, 6) is -2.28. The summed E-state index contributed by atoms with van der Waals surface area (Å²) in [5, 5.41) is 12.3. The Morgan fingerprint density at radius 1 is 0.925 bits per heavy atom. The highest BCUT2D eigenvalue weighted by Gasteiger charge is 2.41. The van der Waals surface area contributed by atoms with Crippen molar-refractivity contribution in [2.45, 2.75) is 38.5 Å². The summed E-state index contributed by atoms with van der Waals surface area (Å²) in [6, 6.07) is 24.7. The van der Waals surface area contributed by atoms with Crippen LogP contribution in [0.1, 0.15) is 36.5 Å². The third-order valence-corrected chi connectivity index (χ3v) is 7.95. The number of carbonyl (C=O) groups excluding carboxylic acids is 2. The number of ether oxygens (including phenoxy) is 2. The Morgan fingerprint density at radius 3 is 2.12 bits per heavy atom. The summed E-state index contributed by atoms with van der Waals surface area (Å²) in [4.78, 5) is 39.9. The molecule has 2 unspecified atom stereocenters. The number of amides is 2. The van der Waals surface area contributed by atoms with Gasteiger partial charge in [-0.1, -0.05) is 85.8 Å². The number of hydrogen-bond acceptors (Lipinski definition) is 5. The van der Waals surface area contributed by atoms with E-state index in [1.165, 1.54) is 4.90 Å². The van der Waals surface area contributed by atoms with Gasteiger partial charge in [0, 0.05) is 19.0 Å². The maximum Gasteiger partial charge on any atom is 0.407 e. The smallest absolute Gasteiger partial charge is 0.407 e. The summed E-state index contributed by atoms with van der Waals surface area (Å²) in [6.07, 6.45) is -1.41. The van der Waals surface area contributed by atoms with Gasteiger partial charge in [-0.05, 0) is 40.7 Å². The normalized spacial score (nSPS) is 19.4. The van der Waals surface area contributed by atoms with E-state index < -0.39 is 30.1 Å². The molecule has 208 valence electrons. The fraction of sp³-hybridized carbons (Fsp3) is 0.344. The molecule has 0 saturated carbocycles. The maximum absolute atomic E-state index is 13.6. The average molecular weight is 543 g/mol. The van der Waals surface area contributed by atoms with Crippen molar-refractivity contribution in [1.29, 1.82) is 0 Å². The number of likely N-dealkylation sites (tertiary alicyclic amines) is 1. The highest BCUT2D eigenvalue weighted by Crippen LogP contribution is 2.44. The molecule has 8 heteroatoms. The molecule has 0 bridgehead atoms. The molecule has 1 saturated heterocycles. The number of aliphatic carboxylic acids is 1. The van der Waals surface area contributed by atoms with E-state index >= 15 is 0 Å². The van der Waals surface area contributed by atoms with Crippen molar-refractivity contribution in [3.05, 3.63) is 95.6 Å². The largest absolute Gasteiger partial charge is 0.481 e. The van der Waals surface area contributed by atoms with Crippen molar-refractivity contribution in [2.75, 3.05) is 19.7 Å². The average Bonchev–Trinajstić information content (AvgIpc) is 3.52. The second-order valence-corrected chi connectivity index (χ2v) is 10.6. The van der Waals surface area contributed by atoms with E-state index in [9.17, 15) is 19.5 Å². The molecule has 3 aromatic carbocycles. The quantitative estimate of drug-likeness (QED) is 0.407. The number of hydrogen-bond donors (Lipinski definition) is 2. The summed E-state index contributed by atoms with van der Waals surface area (Å²) in [6.45, 7) is 4.29. The van der Waals surface area contributed by atoms with Gasteiger partial charge in [0.1, 0.15) is 12.6 Å². The number of benzene rings is 3. The molecule has 0 spiro atoms. The Hall–Kier alpha value is -4.17. The van der Waals surface area contributed by atoms with E-state index in [-0.39, 0.29) is 37.5 Å². The molecule has 1 heterocycles. The molecule has 1 fully saturated rings. The Labute approximate surface area is 233 Å². The van der Waals surface area contributed by atoms with E-state index in [1.807, 2.05) is 73.7 Å². The lowest BCUT2D eigenvalue weighted by molar-refractivity contribution is -0.142. The zero-order chi connectivity index (χ0) is 28.2. The Balaban J connectivity index is 1.29. The number of alkyl carbamates (subject to hydrolysis) is 1. The second kappa shape index (κ2) is 11.9. The number of rotatable bonds is 9. The first-order valence-electron chi connectivity index (χ1n) is 13.6. The van der Waals surface area contributed by atoms with Crippen molar-refractivity contribution in [3.8, 4) is 11.1 Å². The number of nitrogens with one attached hydrogen (secondary N) is 1. The van der Waals surface area contributed by atoms with Gasteiger partial charge in [-0.2, -0.15) is 0 Å². The maximum atomic E-state index is 13.6. The molecule has 0 radical (unpaired) electrons. The molecule has 2 N–H and O–H groups in total. The van der Waals surface area contributed by atoms with Gasteiger partial charge in [-0.15, -0.1) is 0 Å². The third-order valence-electron chi connectivity index (χ3n) is 7.95. The van der Waals surface area contributed by atoms with Crippen LogP contribution in [0.15, 0.2) is 78.9 Å². The second-order valence-electron chi connectivity index (χ2n) is 10.6. The SMILES string of the molecule is CC1CN(C(=O)[C@H](NC(=O)OCC2c3ccccc3-c3ccccc32)[C@H](C)OCc2ccccc2)CC1C(=O)O. The van der Waals surface area contributed by atoms with Gasteiger partial charge < -0.3 is 24.8 Å². The van der Waals surface area contributed by atoms with Crippen molar-refractivity contribution < 1.29 is 29.0 Å². The first-order chi connectivity index (χ1) is 19.3. The minimum absolute atomic E-state index is 0.0869. The Morgan fingerprint density at radius 2 is 1.52 bits per heavy atom. The van der Waals surface area contributed by atoms with Crippen molar-refractivity contribution >= 4 is 18.0 Å². The predicted molar refractivity (Wildman–Crippen MR) is 150 cm³/mol. The molecular weight excluding hydrogens is 508 g/mol. The van der Waals surface area contributed by atoms with Crippen LogP contribution in [0.5, 0.6) is 0 Å². The van der Waals surface area contributed by atoms with Crippen molar-refractivity contribution in [3.63, 3.8) is 0 Å². The summed E-state index contributed by atoms with van der Waals surface area (Å²) >= 11 is 0. The molecule has 5 rings (SSSR count). The Kier molecular flexibility index (Phi) is 8.16. The monoisotopic (exact) mass is 542 g/mol. The standard InChI is InChI=1S/C32H34N2O6/c1-20-16-34(17-27(20)31(36)37)30(35)29(21(2)39-18-22-10-4-3-5-11-22)33-32(38)40-19-28-25-14-8-6-12-23(25)24-13-7-9-15-26(24)28/h3-15,20-21,27-29H,16-19H2,1-2H3,(H,33,38)(H,36,37)/t20?,21-,27?,29+/m0/s1. The fourth-order valence-electron chi connectivity index (χ4n) is 5.71. The van der Waals surface area contributed by atoms with E-state index in [0.717, 1.165) is 27.8 Å². The first kappa shape index (κ1) is 27.4. The van der Waals surface area contributed by atoms with Gasteiger partial charge in [0.2, 0.25) is 5.91 Å². The highest BCUT2D eigenvalue weighted by molar-refractivity contribution is 5.87. The van der Waals surface area contributed by atoms with Gasteiger partial charge in [-0.25, -0.2) is 4.79 Å². The molecular formula is C32H34N2O6. The topological polar surface area (TPSA) is 105 Å². The molecule has 4 atom stereocenters. The zero-order valence-corrected chi connectivity index (χ0v) is 22.7. The van der Waals surface area contributed by atoms with Crippen LogP contribution < -0.4 is 5.32 Å². The molecule has 1 aliphatic carbocycles. The molecule has 2 amide bonds. The fourth-order valence-corrected chi connectivity index (χ4v) is 5.71. The Bertz CT molecular complexity index is 1330. The highest BCUT2D eigenvalue weighted by atomic mass is 16.5. The van der Waals surface area contributed by atoms with Gasteiger partial charge in [-0.3, -0.25) is 9.59 Å². The van der Waals surface area contributed by atoms with Crippen molar-refractivity contribution in [2.24, 2.45) is 11.8 Å².